The van der Waals surface area contributed by atoms with Gasteiger partial charge < -0.3 is 5.32 Å². The Morgan fingerprint density at radius 3 is 2.57 bits per heavy atom. The standard InChI is InChI=1S/C19H32N4/c1-2-9-18(10-3-1)22-11-6-12-23-19(15-22)13-17(21-23)14-20-16-7-4-5-8-16/h13,16,18,20H,1-12,14-15H2. The van der Waals surface area contributed by atoms with Crippen LogP contribution in [0.2, 0.25) is 0 Å². The lowest BCUT2D eigenvalue weighted by atomic mass is 9.94. The minimum atomic E-state index is 0.732. The van der Waals surface area contributed by atoms with Gasteiger partial charge in [0.05, 0.1) is 11.4 Å². The molecule has 2 saturated carbocycles. The molecule has 2 fully saturated rings. The maximum Gasteiger partial charge on any atom is 0.0765 e. The fourth-order valence-corrected chi connectivity index (χ4v) is 4.77. The van der Waals surface area contributed by atoms with Crippen LogP contribution >= 0.6 is 0 Å². The molecule has 128 valence electrons. The van der Waals surface area contributed by atoms with Crippen molar-refractivity contribution in [3.05, 3.63) is 17.5 Å². The minimum absolute atomic E-state index is 0.732. The highest BCUT2D eigenvalue weighted by Crippen LogP contribution is 2.26. The molecule has 0 aromatic carbocycles. The van der Waals surface area contributed by atoms with Gasteiger partial charge in [-0.1, -0.05) is 32.1 Å². The molecule has 1 aromatic heterocycles. The van der Waals surface area contributed by atoms with Gasteiger partial charge in [-0.3, -0.25) is 9.58 Å². The fraction of sp³-hybridized carbons (Fsp3) is 0.842. The SMILES string of the molecule is c1c(CNC2CCCC2)nn2c1CN(C1CCCCC1)CCC2. The molecule has 23 heavy (non-hydrogen) atoms. The Balaban J connectivity index is 1.38. The molecule has 0 radical (unpaired) electrons. The van der Waals surface area contributed by atoms with Crippen LogP contribution in [-0.4, -0.2) is 33.3 Å². The van der Waals surface area contributed by atoms with Crippen molar-refractivity contribution in [2.24, 2.45) is 0 Å². The molecule has 4 heteroatoms. The fourth-order valence-electron chi connectivity index (χ4n) is 4.77. The van der Waals surface area contributed by atoms with E-state index in [-0.39, 0.29) is 0 Å². The molecule has 0 unspecified atom stereocenters. The van der Waals surface area contributed by atoms with Crippen molar-refractivity contribution in [3.8, 4) is 0 Å². The normalized spacial score (nSPS) is 24.7. The van der Waals surface area contributed by atoms with Crippen molar-refractivity contribution < 1.29 is 0 Å². The average Bonchev–Trinajstić information content (AvgIpc) is 3.19. The Morgan fingerprint density at radius 2 is 1.74 bits per heavy atom. The Hall–Kier alpha value is -0.870. The number of nitrogens with zero attached hydrogens (tertiary/aromatic N) is 3. The number of nitrogens with one attached hydrogen (secondary N) is 1. The molecule has 1 N–H and O–H groups in total. The van der Waals surface area contributed by atoms with E-state index in [1.165, 1.54) is 82.1 Å². The maximum atomic E-state index is 4.88. The number of aromatic nitrogens is 2. The first kappa shape index (κ1) is 15.6. The minimum Gasteiger partial charge on any atom is -0.308 e. The first-order valence-electron chi connectivity index (χ1n) is 9.91. The molecular weight excluding hydrogens is 284 g/mol. The summed E-state index contributed by atoms with van der Waals surface area (Å²) in [4.78, 5) is 2.74. The lowest BCUT2D eigenvalue weighted by Gasteiger charge is -2.33. The molecule has 2 heterocycles. The predicted molar refractivity (Wildman–Crippen MR) is 93.2 cm³/mol. The van der Waals surface area contributed by atoms with Crippen molar-refractivity contribution in [2.75, 3.05) is 6.54 Å². The molecular formula is C19H32N4. The predicted octanol–water partition coefficient (Wildman–Crippen LogP) is 3.45. The third-order valence-corrected chi connectivity index (χ3v) is 6.11. The van der Waals surface area contributed by atoms with E-state index in [0.717, 1.165) is 31.7 Å². The van der Waals surface area contributed by atoms with Crippen molar-refractivity contribution in [1.29, 1.82) is 0 Å². The van der Waals surface area contributed by atoms with Crippen LogP contribution in [-0.2, 0) is 19.6 Å². The van der Waals surface area contributed by atoms with Gasteiger partial charge in [-0.2, -0.15) is 5.10 Å². The van der Waals surface area contributed by atoms with Crippen LogP contribution in [0.4, 0.5) is 0 Å². The highest BCUT2D eigenvalue weighted by molar-refractivity contribution is 5.12. The first-order valence-corrected chi connectivity index (χ1v) is 9.91. The number of hydrogen-bond donors (Lipinski definition) is 1. The monoisotopic (exact) mass is 316 g/mol. The summed E-state index contributed by atoms with van der Waals surface area (Å²) in [5, 5.41) is 8.59. The molecule has 2 aliphatic carbocycles. The summed E-state index contributed by atoms with van der Waals surface area (Å²) < 4.78 is 2.29. The first-order chi connectivity index (χ1) is 11.4. The third kappa shape index (κ3) is 3.80. The zero-order valence-corrected chi connectivity index (χ0v) is 14.5. The van der Waals surface area contributed by atoms with E-state index in [1.54, 1.807) is 0 Å². The molecule has 4 nitrogen and oxygen atoms in total. The lowest BCUT2D eigenvalue weighted by Crippen LogP contribution is -2.36. The van der Waals surface area contributed by atoms with Gasteiger partial charge in [0.1, 0.15) is 0 Å². The third-order valence-electron chi connectivity index (χ3n) is 6.11. The summed E-state index contributed by atoms with van der Waals surface area (Å²) in [6, 6.07) is 3.92. The molecule has 3 aliphatic rings. The summed E-state index contributed by atoms with van der Waals surface area (Å²) in [6.07, 6.45) is 13.9. The highest BCUT2D eigenvalue weighted by Gasteiger charge is 2.24. The van der Waals surface area contributed by atoms with Crippen LogP contribution < -0.4 is 5.32 Å². The topological polar surface area (TPSA) is 33.1 Å². The number of rotatable bonds is 4. The van der Waals surface area contributed by atoms with Gasteiger partial charge >= 0.3 is 0 Å². The molecule has 0 saturated heterocycles. The molecule has 1 aliphatic heterocycles. The molecule has 0 bridgehead atoms. The summed E-state index contributed by atoms with van der Waals surface area (Å²) in [5.41, 5.74) is 2.69. The summed E-state index contributed by atoms with van der Waals surface area (Å²) in [5.74, 6) is 0. The molecule has 4 rings (SSSR count). The van der Waals surface area contributed by atoms with Gasteiger partial charge in [0.15, 0.2) is 0 Å². The second-order valence-electron chi connectivity index (χ2n) is 7.83. The zero-order valence-electron chi connectivity index (χ0n) is 14.5. The van der Waals surface area contributed by atoms with E-state index in [9.17, 15) is 0 Å². The van der Waals surface area contributed by atoms with E-state index in [2.05, 4.69) is 21.0 Å². The number of hydrogen-bond acceptors (Lipinski definition) is 3. The van der Waals surface area contributed by atoms with Crippen LogP contribution in [0.15, 0.2) is 6.07 Å². The largest absolute Gasteiger partial charge is 0.308 e. The molecule has 1 aromatic rings. The van der Waals surface area contributed by atoms with E-state index in [4.69, 9.17) is 5.10 Å². The summed E-state index contributed by atoms with van der Waals surface area (Å²) >= 11 is 0. The van der Waals surface area contributed by atoms with Crippen LogP contribution in [0.3, 0.4) is 0 Å². The Labute approximate surface area is 140 Å². The Kier molecular flexibility index (Phi) is 5.00. The number of aryl methyl sites for hydroxylation is 1. The Bertz CT molecular complexity index is 497. The smallest absolute Gasteiger partial charge is 0.0765 e. The quantitative estimate of drug-likeness (QED) is 0.923. The van der Waals surface area contributed by atoms with E-state index < -0.39 is 0 Å². The second kappa shape index (κ2) is 7.35. The summed E-state index contributed by atoms with van der Waals surface area (Å²) in [6.45, 7) is 4.42. The molecule has 0 spiro atoms. The van der Waals surface area contributed by atoms with Gasteiger partial charge in [-0.25, -0.2) is 0 Å². The Morgan fingerprint density at radius 1 is 0.957 bits per heavy atom. The van der Waals surface area contributed by atoms with Crippen molar-refractivity contribution >= 4 is 0 Å². The van der Waals surface area contributed by atoms with Gasteiger partial charge in [0, 0.05) is 38.3 Å². The molecule has 0 atom stereocenters. The van der Waals surface area contributed by atoms with Gasteiger partial charge in [-0.05, 0) is 38.2 Å². The average molecular weight is 316 g/mol. The van der Waals surface area contributed by atoms with E-state index >= 15 is 0 Å². The van der Waals surface area contributed by atoms with Gasteiger partial charge in [0.25, 0.3) is 0 Å². The van der Waals surface area contributed by atoms with Gasteiger partial charge in [0.2, 0.25) is 0 Å². The lowest BCUT2D eigenvalue weighted by molar-refractivity contribution is 0.150. The maximum absolute atomic E-state index is 4.88. The van der Waals surface area contributed by atoms with Crippen molar-refractivity contribution in [3.63, 3.8) is 0 Å². The van der Waals surface area contributed by atoms with E-state index in [1.807, 2.05) is 0 Å². The van der Waals surface area contributed by atoms with E-state index in [0.29, 0.717) is 0 Å². The zero-order chi connectivity index (χ0) is 15.5. The molecule has 0 amide bonds. The van der Waals surface area contributed by atoms with Crippen LogP contribution in [0, 0.1) is 0 Å². The number of fused-ring (bicyclic) bond motifs is 1. The van der Waals surface area contributed by atoms with Crippen LogP contribution in [0.5, 0.6) is 0 Å². The van der Waals surface area contributed by atoms with Crippen molar-refractivity contribution in [1.82, 2.24) is 20.0 Å². The van der Waals surface area contributed by atoms with Gasteiger partial charge in [-0.15, -0.1) is 0 Å². The second-order valence-corrected chi connectivity index (χ2v) is 7.83. The van der Waals surface area contributed by atoms with Crippen LogP contribution in [0.1, 0.15) is 75.6 Å². The summed E-state index contributed by atoms with van der Waals surface area (Å²) in [7, 11) is 0. The highest BCUT2D eigenvalue weighted by atomic mass is 15.3. The van der Waals surface area contributed by atoms with Crippen molar-refractivity contribution in [2.45, 2.75) is 95.9 Å². The van der Waals surface area contributed by atoms with Crippen LogP contribution in [0.25, 0.3) is 0 Å².